The molecule has 0 radical (unpaired) electrons. The predicted molar refractivity (Wildman–Crippen MR) is 129 cm³/mol. The molecular formula is C27H26ClNO4. The van der Waals surface area contributed by atoms with Crippen LogP contribution in [0.5, 0.6) is 5.75 Å². The Hall–Kier alpha value is -3.15. The summed E-state index contributed by atoms with van der Waals surface area (Å²) in [6, 6.07) is 17.8. The maximum atomic E-state index is 13.4. The summed E-state index contributed by atoms with van der Waals surface area (Å²) in [4.78, 5) is 28.1. The molecule has 170 valence electrons. The number of nitrogens with zero attached hydrogens (tertiary/aromatic N) is 1. The van der Waals surface area contributed by atoms with Crippen molar-refractivity contribution in [2.24, 2.45) is 0 Å². The molecule has 1 unspecified atom stereocenters. The molecule has 1 atom stereocenters. The second-order valence-electron chi connectivity index (χ2n) is 8.49. The number of carbonyl (C=O) groups is 2. The molecule has 1 N–H and O–H groups in total. The Balaban J connectivity index is 1.56. The van der Waals surface area contributed by atoms with Gasteiger partial charge in [0.05, 0.1) is 18.7 Å². The largest absolute Gasteiger partial charge is 0.492 e. The first kappa shape index (κ1) is 23.0. The highest BCUT2D eigenvalue weighted by Crippen LogP contribution is 2.43. The molecule has 0 aliphatic carbocycles. The standard InChI is InChI=1S/C27H26ClNO4/c1-17-14-19(3)22(15-18(17)2)25(30)16-27(32)23-6-4-5-7-24(23)29(26(27)31)12-13-33-21-10-8-20(28)9-11-21/h4-11,14-15,32H,12-13,16H2,1-3H3. The number of anilines is 1. The van der Waals surface area contributed by atoms with Gasteiger partial charge in [-0.15, -0.1) is 0 Å². The fourth-order valence-corrected chi connectivity index (χ4v) is 4.40. The quantitative estimate of drug-likeness (QED) is 0.492. The van der Waals surface area contributed by atoms with E-state index in [2.05, 4.69) is 0 Å². The van der Waals surface area contributed by atoms with Crippen LogP contribution in [0.3, 0.4) is 0 Å². The lowest BCUT2D eigenvalue weighted by Crippen LogP contribution is -2.43. The molecule has 3 aromatic rings. The fourth-order valence-electron chi connectivity index (χ4n) is 4.27. The number of halogens is 1. The van der Waals surface area contributed by atoms with Gasteiger partial charge in [-0.2, -0.15) is 0 Å². The number of carbonyl (C=O) groups excluding carboxylic acids is 2. The smallest absolute Gasteiger partial charge is 0.264 e. The van der Waals surface area contributed by atoms with E-state index in [0.717, 1.165) is 16.7 Å². The van der Waals surface area contributed by atoms with Crippen molar-refractivity contribution < 1.29 is 19.4 Å². The van der Waals surface area contributed by atoms with E-state index in [0.29, 0.717) is 27.6 Å². The van der Waals surface area contributed by atoms with Gasteiger partial charge in [0.1, 0.15) is 12.4 Å². The van der Waals surface area contributed by atoms with Crippen molar-refractivity contribution in [3.05, 3.63) is 93.5 Å². The molecule has 3 aromatic carbocycles. The van der Waals surface area contributed by atoms with Crippen molar-refractivity contribution in [3.8, 4) is 5.75 Å². The number of hydrogen-bond acceptors (Lipinski definition) is 4. The summed E-state index contributed by atoms with van der Waals surface area (Å²) < 4.78 is 5.74. The molecule has 0 saturated carbocycles. The van der Waals surface area contributed by atoms with Crippen LogP contribution in [0.25, 0.3) is 0 Å². The molecular weight excluding hydrogens is 438 g/mol. The zero-order chi connectivity index (χ0) is 23.8. The topological polar surface area (TPSA) is 66.8 Å². The van der Waals surface area contributed by atoms with Crippen molar-refractivity contribution in [2.75, 3.05) is 18.1 Å². The van der Waals surface area contributed by atoms with Gasteiger partial charge in [0.25, 0.3) is 5.91 Å². The summed E-state index contributed by atoms with van der Waals surface area (Å²) in [7, 11) is 0. The van der Waals surface area contributed by atoms with Crippen LogP contribution in [-0.4, -0.2) is 29.9 Å². The molecule has 1 heterocycles. The van der Waals surface area contributed by atoms with E-state index < -0.39 is 11.5 Å². The van der Waals surface area contributed by atoms with Gasteiger partial charge in [-0.25, -0.2) is 0 Å². The lowest BCUT2D eigenvalue weighted by Gasteiger charge is -2.23. The minimum Gasteiger partial charge on any atom is -0.492 e. The number of ether oxygens (including phenoxy) is 1. The summed E-state index contributed by atoms with van der Waals surface area (Å²) in [5, 5.41) is 12.1. The first-order valence-electron chi connectivity index (χ1n) is 10.8. The van der Waals surface area contributed by atoms with E-state index in [1.807, 2.05) is 32.9 Å². The molecule has 0 fully saturated rings. The summed E-state index contributed by atoms with van der Waals surface area (Å²) in [6.45, 7) is 6.26. The van der Waals surface area contributed by atoms with Crippen molar-refractivity contribution >= 4 is 29.0 Å². The van der Waals surface area contributed by atoms with Crippen LogP contribution in [0.1, 0.15) is 39.0 Å². The van der Waals surface area contributed by atoms with Gasteiger partial charge in [0.2, 0.25) is 0 Å². The average Bonchev–Trinajstić information content (AvgIpc) is 2.99. The van der Waals surface area contributed by atoms with Crippen molar-refractivity contribution in [1.29, 1.82) is 0 Å². The van der Waals surface area contributed by atoms with Crippen molar-refractivity contribution in [2.45, 2.75) is 32.8 Å². The second-order valence-corrected chi connectivity index (χ2v) is 8.92. The van der Waals surface area contributed by atoms with Crippen LogP contribution in [0.4, 0.5) is 5.69 Å². The van der Waals surface area contributed by atoms with E-state index in [9.17, 15) is 14.7 Å². The Labute approximate surface area is 198 Å². The van der Waals surface area contributed by atoms with Gasteiger partial charge in [-0.05, 0) is 73.9 Å². The highest BCUT2D eigenvalue weighted by atomic mass is 35.5. The SMILES string of the molecule is Cc1cc(C)c(C(=O)CC2(O)C(=O)N(CCOc3ccc(Cl)cc3)c3ccccc32)cc1C. The highest BCUT2D eigenvalue weighted by Gasteiger charge is 2.50. The third-order valence-electron chi connectivity index (χ3n) is 6.19. The Morgan fingerprint density at radius 1 is 1.00 bits per heavy atom. The molecule has 4 rings (SSSR count). The molecule has 0 bridgehead atoms. The molecule has 1 aliphatic heterocycles. The van der Waals surface area contributed by atoms with Crippen LogP contribution in [0, 0.1) is 20.8 Å². The van der Waals surface area contributed by atoms with Gasteiger partial charge in [0, 0.05) is 16.1 Å². The van der Waals surface area contributed by atoms with Crippen LogP contribution in [0.2, 0.25) is 5.02 Å². The monoisotopic (exact) mass is 463 g/mol. The Kier molecular flexibility index (Phi) is 6.28. The number of ketones is 1. The third kappa shape index (κ3) is 4.39. The number of para-hydroxylation sites is 1. The number of rotatable bonds is 7. The van der Waals surface area contributed by atoms with E-state index in [1.165, 1.54) is 4.90 Å². The van der Waals surface area contributed by atoms with Gasteiger partial charge < -0.3 is 14.7 Å². The number of amides is 1. The zero-order valence-electron chi connectivity index (χ0n) is 18.9. The van der Waals surface area contributed by atoms with Gasteiger partial charge >= 0.3 is 0 Å². The first-order valence-corrected chi connectivity index (χ1v) is 11.2. The van der Waals surface area contributed by atoms with Crippen molar-refractivity contribution in [3.63, 3.8) is 0 Å². The summed E-state index contributed by atoms with van der Waals surface area (Å²) in [5.41, 5.74) is 2.57. The number of benzene rings is 3. The summed E-state index contributed by atoms with van der Waals surface area (Å²) >= 11 is 5.90. The van der Waals surface area contributed by atoms with Crippen LogP contribution in [0.15, 0.2) is 60.7 Å². The third-order valence-corrected chi connectivity index (χ3v) is 6.45. The Morgan fingerprint density at radius 3 is 2.39 bits per heavy atom. The van der Waals surface area contributed by atoms with Gasteiger partial charge in [-0.3, -0.25) is 9.59 Å². The number of aliphatic hydroxyl groups is 1. The molecule has 5 nitrogen and oxygen atoms in total. The highest BCUT2D eigenvalue weighted by molar-refractivity contribution is 6.30. The number of hydrogen-bond donors (Lipinski definition) is 1. The maximum Gasteiger partial charge on any atom is 0.264 e. The second kappa shape index (κ2) is 9.00. The molecule has 0 aromatic heterocycles. The number of Topliss-reactive ketones (excluding diaryl/α,β-unsaturated/α-hetero) is 1. The predicted octanol–water partition coefficient (Wildman–Crippen LogP) is 5.15. The molecule has 6 heteroatoms. The average molecular weight is 464 g/mol. The lowest BCUT2D eigenvalue weighted by molar-refractivity contribution is -0.135. The lowest BCUT2D eigenvalue weighted by atomic mass is 9.86. The molecule has 1 aliphatic rings. The molecule has 33 heavy (non-hydrogen) atoms. The summed E-state index contributed by atoms with van der Waals surface area (Å²) in [5.74, 6) is -0.145. The molecule has 0 spiro atoms. The van der Waals surface area contributed by atoms with Gasteiger partial charge in [0.15, 0.2) is 11.4 Å². The van der Waals surface area contributed by atoms with E-state index in [1.54, 1.807) is 48.5 Å². The van der Waals surface area contributed by atoms with Crippen LogP contribution < -0.4 is 9.64 Å². The molecule has 1 amide bonds. The minimum atomic E-state index is -1.92. The Bertz CT molecular complexity index is 1220. The minimum absolute atomic E-state index is 0.224. The zero-order valence-corrected chi connectivity index (χ0v) is 19.6. The van der Waals surface area contributed by atoms with E-state index in [-0.39, 0.29) is 25.4 Å². The van der Waals surface area contributed by atoms with Crippen LogP contribution in [-0.2, 0) is 10.4 Å². The Morgan fingerprint density at radius 2 is 1.67 bits per heavy atom. The van der Waals surface area contributed by atoms with E-state index >= 15 is 0 Å². The first-order chi connectivity index (χ1) is 15.7. The van der Waals surface area contributed by atoms with Crippen molar-refractivity contribution in [1.82, 2.24) is 0 Å². The van der Waals surface area contributed by atoms with Gasteiger partial charge in [-0.1, -0.05) is 35.9 Å². The number of aryl methyl sites for hydroxylation is 3. The molecule has 0 saturated heterocycles. The van der Waals surface area contributed by atoms with E-state index in [4.69, 9.17) is 16.3 Å². The normalized spacial score (nSPS) is 17.2. The number of fused-ring (bicyclic) bond motifs is 1. The van der Waals surface area contributed by atoms with Crippen LogP contribution >= 0.6 is 11.6 Å². The fraction of sp³-hybridized carbons (Fsp3) is 0.259. The summed E-state index contributed by atoms with van der Waals surface area (Å²) in [6.07, 6.45) is -0.319. The maximum absolute atomic E-state index is 13.4.